The number of nitrogens with zero attached hydrogens (tertiary/aromatic N) is 3. The number of amides is 2. The predicted molar refractivity (Wildman–Crippen MR) is 105 cm³/mol. The Morgan fingerprint density at radius 2 is 1.82 bits per heavy atom. The summed E-state index contributed by atoms with van der Waals surface area (Å²) in [6, 6.07) is 11.0. The molecule has 8 heteroatoms. The summed E-state index contributed by atoms with van der Waals surface area (Å²) < 4.78 is 12.3. The first-order valence-corrected chi connectivity index (χ1v) is 8.86. The van der Waals surface area contributed by atoms with E-state index in [-0.39, 0.29) is 6.03 Å². The lowest BCUT2D eigenvalue weighted by Crippen LogP contribution is -2.36. The van der Waals surface area contributed by atoms with Crippen molar-refractivity contribution in [3.63, 3.8) is 0 Å². The highest BCUT2D eigenvalue weighted by atomic mass is 16.5. The number of carbonyl (C=O) groups excluding carboxylic acids is 1. The van der Waals surface area contributed by atoms with Crippen LogP contribution in [0.15, 0.2) is 55.0 Å². The molecule has 0 unspecified atom stereocenters. The van der Waals surface area contributed by atoms with Crippen LogP contribution in [0.2, 0.25) is 0 Å². The molecule has 0 saturated carbocycles. The molecule has 2 heterocycles. The van der Waals surface area contributed by atoms with Crippen molar-refractivity contribution < 1.29 is 14.3 Å². The maximum absolute atomic E-state index is 12.0. The van der Waals surface area contributed by atoms with Gasteiger partial charge >= 0.3 is 6.03 Å². The van der Waals surface area contributed by atoms with E-state index in [9.17, 15) is 4.79 Å². The monoisotopic (exact) mass is 381 g/mol. The van der Waals surface area contributed by atoms with E-state index in [1.54, 1.807) is 31.3 Å². The topological polar surface area (TPSA) is 90.3 Å². The molecule has 146 valence electrons. The van der Waals surface area contributed by atoms with Gasteiger partial charge in [0.15, 0.2) is 11.5 Å². The van der Waals surface area contributed by atoms with Crippen LogP contribution in [0.25, 0.3) is 11.3 Å². The Morgan fingerprint density at radius 1 is 1.04 bits per heavy atom. The molecule has 2 N–H and O–H groups in total. The fourth-order valence-corrected chi connectivity index (χ4v) is 2.68. The van der Waals surface area contributed by atoms with E-state index in [4.69, 9.17) is 9.47 Å². The maximum Gasteiger partial charge on any atom is 0.315 e. The molecule has 2 aromatic heterocycles. The van der Waals surface area contributed by atoms with Crippen LogP contribution in [0.5, 0.6) is 11.5 Å². The van der Waals surface area contributed by atoms with Crippen LogP contribution in [0.4, 0.5) is 4.79 Å². The number of methoxy groups -OCH3 is 2. The number of hydrogen-bond donors (Lipinski definition) is 2. The van der Waals surface area contributed by atoms with Crippen molar-refractivity contribution in [3.05, 3.63) is 60.6 Å². The molecular formula is C20H23N5O3. The summed E-state index contributed by atoms with van der Waals surface area (Å²) in [5.74, 6) is 1.28. The van der Waals surface area contributed by atoms with Gasteiger partial charge < -0.3 is 20.1 Å². The molecule has 0 aliphatic carbocycles. The van der Waals surface area contributed by atoms with Gasteiger partial charge in [0.25, 0.3) is 0 Å². The lowest BCUT2D eigenvalue weighted by Gasteiger charge is -2.11. The number of benzene rings is 1. The third-order valence-corrected chi connectivity index (χ3v) is 4.14. The quantitative estimate of drug-likeness (QED) is 0.626. The highest BCUT2D eigenvalue weighted by Crippen LogP contribution is 2.27. The van der Waals surface area contributed by atoms with Gasteiger partial charge in [0, 0.05) is 37.2 Å². The van der Waals surface area contributed by atoms with Gasteiger partial charge in [0.2, 0.25) is 0 Å². The second-order valence-corrected chi connectivity index (χ2v) is 6.00. The molecule has 0 spiro atoms. The molecule has 0 bridgehead atoms. The Labute approximate surface area is 163 Å². The van der Waals surface area contributed by atoms with E-state index < -0.39 is 0 Å². The van der Waals surface area contributed by atoms with Crippen molar-refractivity contribution in [2.75, 3.05) is 20.8 Å². The summed E-state index contributed by atoms with van der Waals surface area (Å²) in [4.78, 5) is 16.0. The zero-order valence-corrected chi connectivity index (χ0v) is 15.9. The molecule has 0 aliphatic rings. The largest absolute Gasteiger partial charge is 0.493 e. The van der Waals surface area contributed by atoms with Crippen LogP contribution in [-0.4, -0.2) is 41.6 Å². The van der Waals surface area contributed by atoms with Crippen molar-refractivity contribution in [2.24, 2.45) is 0 Å². The second-order valence-electron chi connectivity index (χ2n) is 6.00. The summed E-state index contributed by atoms with van der Waals surface area (Å²) in [7, 11) is 3.17. The van der Waals surface area contributed by atoms with Crippen molar-refractivity contribution >= 4 is 6.03 Å². The van der Waals surface area contributed by atoms with Crippen LogP contribution < -0.4 is 20.1 Å². The van der Waals surface area contributed by atoms with Gasteiger partial charge in [-0.1, -0.05) is 6.07 Å². The van der Waals surface area contributed by atoms with Gasteiger partial charge in [-0.2, -0.15) is 5.10 Å². The highest BCUT2D eigenvalue weighted by Gasteiger charge is 2.06. The van der Waals surface area contributed by atoms with E-state index in [1.807, 2.05) is 42.6 Å². The van der Waals surface area contributed by atoms with Crippen LogP contribution in [-0.2, 0) is 13.1 Å². The number of ether oxygens (including phenoxy) is 2. The molecular weight excluding hydrogens is 358 g/mol. The van der Waals surface area contributed by atoms with Crippen LogP contribution in [0, 0.1) is 0 Å². The molecule has 3 aromatic rings. The zero-order chi connectivity index (χ0) is 19.8. The number of rotatable bonds is 8. The molecule has 0 saturated heterocycles. The van der Waals surface area contributed by atoms with Crippen molar-refractivity contribution in [1.29, 1.82) is 0 Å². The Morgan fingerprint density at radius 3 is 2.57 bits per heavy atom. The van der Waals surface area contributed by atoms with E-state index in [0.29, 0.717) is 31.1 Å². The molecule has 2 amide bonds. The van der Waals surface area contributed by atoms with Crippen LogP contribution in [0.3, 0.4) is 0 Å². The normalized spacial score (nSPS) is 10.4. The first-order valence-electron chi connectivity index (χ1n) is 8.86. The Balaban J connectivity index is 1.43. The molecule has 1 aromatic carbocycles. The van der Waals surface area contributed by atoms with Gasteiger partial charge in [-0.15, -0.1) is 0 Å². The van der Waals surface area contributed by atoms with E-state index in [0.717, 1.165) is 16.8 Å². The van der Waals surface area contributed by atoms with E-state index in [1.165, 1.54) is 0 Å². The number of pyridine rings is 1. The SMILES string of the molecule is COc1ccc(CNC(=O)NCCn2ccc(-c3ccncc3)n2)cc1OC. The summed E-state index contributed by atoms with van der Waals surface area (Å²) >= 11 is 0. The first-order chi connectivity index (χ1) is 13.7. The Bertz CT molecular complexity index is 911. The summed E-state index contributed by atoms with van der Waals surface area (Å²) in [5.41, 5.74) is 2.80. The highest BCUT2D eigenvalue weighted by molar-refractivity contribution is 5.73. The van der Waals surface area contributed by atoms with Gasteiger partial charge in [0.05, 0.1) is 26.5 Å². The number of carbonyl (C=O) groups is 1. The summed E-state index contributed by atoms with van der Waals surface area (Å²) in [6.45, 7) is 1.43. The fraction of sp³-hybridized carbons (Fsp3) is 0.250. The minimum atomic E-state index is -0.240. The number of nitrogens with one attached hydrogen (secondary N) is 2. The Hall–Kier alpha value is -3.55. The van der Waals surface area contributed by atoms with Crippen molar-refractivity contribution in [2.45, 2.75) is 13.1 Å². The Kier molecular flexibility index (Phi) is 6.46. The predicted octanol–water partition coefficient (Wildman–Crippen LogP) is 2.46. The summed E-state index contributed by atoms with van der Waals surface area (Å²) in [6.07, 6.45) is 5.36. The molecule has 0 aliphatic heterocycles. The van der Waals surface area contributed by atoms with E-state index >= 15 is 0 Å². The second kappa shape index (κ2) is 9.40. The van der Waals surface area contributed by atoms with Gasteiger partial charge in [-0.05, 0) is 35.9 Å². The minimum Gasteiger partial charge on any atom is -0.493 e. The van der Waals surface area contributed by atoms with Crippen LogP contribution >= 0.6 is 0 Å². The lowest BCUT2D eigenvalue weighted by atomic mass is 10.2. The van der Waals surface area contributed by atoms with Crippen molar-refractivity contribution in [3.8, 4) is 22.8 Å². The third kappa shape index (κ3) is 5.00. The number of hydrogen-bond acceptors (Lipinski definition) is 5. The molecule has 3 rings (SSSR count). The average molecular weight is 381 g/mol. The zero-order valence-electron chi connectivity index (χ0n) is 15.9. The summed E-state index contributed by atoms with van der Waals surface area (Å²) in [5, 5.41) is 10.1. The minimum absolute atomic E-state index is 0.240. The number of aromatic nitrogens is 3. The maximum atomic E-state index is 12.0. The number of urea groups is 1. The third-order valence-electron chi connectivity index (χ3n) is 4.14. The van der Waals surface area contributed by atoms with Gasteiger partial charge in [0.1, 0.15) is 0 Å². The molecule has 0 fully saturated rings. The van der Waals surface area contributed by atoms with Gasteiger partial charge in [-0.3, -0.25) is 9.67 Å². The molecule has 0 atom stereocenters. The smallest absolute Gasteiger partial charge is 0.315 e. The average Bonchev–Trinajstić information content (AvgIpc) is 3.21. The fourth-order valence-electron chi connectivity index (χ4n) is 2.68. The van der Waals surface area contributed by atoms with Gasteiger partial charge in [-0.25, -0.2) is 4.79 Å². The van der Waals surface area contributed by atoms with Crippen molar-refractivity contribution in [1.82, 2.24) is 25.4 Å². The van der Waals surface area contributed by atoms with E-state index in [2.05, 4.69) is 20.7 Å². The van der Waals surface area contributed by atoms with Crippen LogP contribution in [0.1, 0.15) is 5.56 Å². The molecule has 0 radical (unpaired) electrons. The molecule has 8 nitrogen and oxygen atoms in total. The standard InChI is InChI=1S/C20H23N5O3/c1-27-18-4-3-15(13-19(18)28-2)14-23-20(26)22-10-12-25-11-7-17(24-25)16-5-8-21-9-6-16/h3-9,11,13H,10,12,14H2,1-2H3,(H2,22,23,26). The lowest BCUT2D eigenvalue weighted by molar-refractivity contribution is 0.240. The molecule has 28 heavy (non-hydrogen) atoms. The first kappa shape index (κ1) is 19.2.